The van der Waals surface area contributed by atoms with E-state index in [1.165, 1.54) is 6.07 Å². The molecule has 19 heavy (non-hydrogen) atoms. The Balaban J connectivity index is 2.05. The van der Waals surface area contributed by atoms with Crippen molar-refractivity contribution in [3.8, 4) is 0 Å². The van der Waals surface area contributed by atoms with Crippen LogP contribution in [0.2, 0.25) is 0 Å². The minimum Gasteiger partial charge on any atom is -0.478 e. The summed E-state index contributed by atoms with van der Waals surface area (Å²) < 4.78 is 0.656. The number of amides is 2. The fourth-order valence-electron chi connectivity index (χ4n) is 1.79. The van der Waals surface area contributed by atoms with Gasteiger partial charge in [0, 0.05) is 16.3 Å². The number of aromatic carboxylic acids is 1. The maximum absolute atomic E-state index is 11.8. The second kappa shape index (κ2) is 6.29. The van der Waals surface area contributed by atoms with Crippen LogP contribution in [0.5, 0.6) is 0 Å². The molecule has 1 aromatic rings. The van der Waals surface area contributed by atoms with Crippen LogP contribution in [0.1, 0.15) is 16.8 Å². The van der Waals surface area contributed by atoms with Gasteiger partial charge in [-0.15, -0.1) is 0 Å². The van der Waals surface area contributed by atoms with Crippen LogP contribution in [0.3, 0.4) is 0 Å². The monoisotopic (exact) mass is 344 g/mol. The number of hydrogen-bond donors (Lipinski definition) is 3. The van der Waals surface area contributed by atoms with Gasteiger partial charge >= 0.3 is 12.0 Å². The molecule has 1 aliphatic rings. The maximum Gasteiger partial charge on any atom is 0.337 e. The molecule has 0 radical (unpaired) electrons. The molecule has 1 fully saturated rings. The molecule has 1 aromatic carbocycles. The Morgan fingerprint density at radius 3 is 2.84 bits per heavy atom. The van der Waals surface area contributed by atoms with Gasteiger partial charge in [-0.25, -0.2) is 9.59 Å². The van der Waals surface area contributed by atoms with Crippen LogP contribution >= 0.6 is 27.7 Å². The highest BCUT2D eigenvalue weighted by Gasteiger charge is 2.19. The van der Waals surface area contributed by atoms with Crippen molar-refractivity contribution in [2.24, 2.45) is 0 Å². The van der Waals surface area contributed by atoms with E-state index in [9.17, 15) is 9.59 Å². The third kappa shape index (κ3) is 3.87. The molecule has 0 bridgehead atoms. The van der Waals surface area contributed by atoms with Crippen LogP contribution in [-0.2, 0) is 0 Å². The Morgan fingerprint density at radius 1 is 1.42 bits per heavy atom. The average molecular weight is 345 g/mol. The second-order valence-electron chi connectivity index (χ2n) is 4.15. The van der Waals surface area contributed by atoms with E-state index in [2.05, 4.69) is 26.6 Å². The summed E-state index contributed by atoms with van der Waals surface area (Å²) >= 11 is 5.01. The molecule has 0 aromatic heterocycles. The first-order valence-electron chi connectivity index (χ1n) is 5.74. The van der Waals surface area contributed by atoms with Crippen molar-refractivity contribution < 1.29 is 14.7 Å². The van der Waals surface area contributed by atoms with Crippen LogP contribution in [0.15, 0.2) is 22.7 Å². The third-order valence-corrected chi connectivity index (χ3v) is 4.38. The number of anilines is 1. The molecule has 1 saturated heterocycles. The molecule has 102 valence electrons. The zero-order valence-electron chi connectivity index (χ0n) is 9.98. The van der Waals surface area contributed by atoms with E-state index < -0.39 is 5.97 Å². The van der Waals surface area contributed by atoms with Gasteiger partial charge in [0.2, 0.25) is 0 Å². The van der Waals surface area contributed by atoms with Crippen LogP contribution in [-0.4, -0.2) is 34.7 Å². The van der Waals surface area contributed by atoms with Crippen LogP contribution in [0.25, 0.3) is 0 Å². The van der Waals surface area contributed by atoms with E-state index in [1.54, 1.807) is 23.9 Å². The number of urea groups is 1. The van der Waals surface area contributed by atoms with E-state index in [0.29, 0.717) is 10.2 Å². The van der Waals surface area contributed by atoms with Crippen molar-refractivity contribution >= 4 is 45.4 Å². The minimum atomic E-state index is -1.08. The zero-order chi connectivity index (χ0) is 13.8. The van der Waals surface area contributed by atoms with Gasteiger partial charge < -0.3 is 15.7 Å². The molecule has 2 rings (SSSR count). The van der Waals surface area contributed by atoms with Crippen LogP contribution in [0, 0.1) is 0 Å². The number of benzene rings is 1. The van der Waals surface area contributed by atoms with E-state index in [4.69, 9.17) is 5.11 Å². The molecule has 1 heterocycles. The fourth-order valence-corrected chi connectivity index (χ4v) is 3.31. The molecule has 2 amide bonds. The first-order chi connectivity index (χ1) is 9.06. The van der Waals surface area contributed by atoms with Gasteiger partial charge in [-0.3, -0.25) is 0 Å². The SMILES string of the molecule is O=C(Nc1ccc(Br)cc1C(=O)O)NC1CCSC1. The van der Waals surface area contributed by atoms with Gasteiger partial charge in [-0.1, -0.05) is 15.9 Å². The highest BCUT2D eigenvalue weighted by Crippen LogP contribution is 2.21. The Kier molecular flexibility index (Phi) is 4.71. The number of thioether (sulfide) groups is 1. The number of nitrogens with one attached hydrogen (secondary N) is 2. The molecule has 1 unspecified atom stereocenters. The lowest BCUT2D eigenvalue weighted by Crippen LogP contribution is -2.38. The average Bonchev–Trinajstić information content (AvgIpc) is 2.83. The Morgan fingerprint density at radius 2 is 2.21 bits per heavy atom. The third-order valence-electron chi connectivity index (χ3n) is 2.73. The molecular weight excluding hydrogens is 332 g/mol. The van der Waals surface area contributed by atoms with Crippen LogP contribution in [0.4, 0.5) is 10.5 Å². The molecule has 5 nitrogen and oxygen atoms in total. The van der Waals surface area contributed by atoms with E-state index in [1.807, 2.05) is 0 Å². The number of carboxylic acids is 1. The summed E-state index contributed by atoms with van der Waals surface area (Å²) in [6.07, 6.45) is 0.949. The molecule has 0 spiro atoms. The van der Waals surface area contributed by atoms with E-state index >= 15 is 0 Å². The first-order valence-corrected chi connectivity index (χ1v) is 7.69. The molecule has 3 N–H and O–H groups in total. The second-order valence-corrected chi connectivity index (χ2v) is 6.22. The minimum absolute atomic E-state index is 0.0605. The summed E-state index contributed by atoms with van der Waals surface area (Å²) in [5.74, 6) is 0.872. The van der Waals surface area contributed by atoms with Gasteiger partial charge in [0.05, 0.1) is 11.3 Å². The number of hydrogen-bond acceptors (Lipinski definition) is 3. The first kappa shape index (κ1) is 14.2. The number of rotatable bonds is 3. The number of carbonyl (C=O) groups is 2. The van der Waals surface area contributed by atoms with Crippen molar-refractivity contribution in [3.63, 3.8) is 0 Å². The zero-order valence-corrected chi connectivity index (χ0v) is 12.4. The molecule has 1 aliphatic heterocycles. The largest absolute Gasteiger partial charge is 0.478 e. The summed E-state index contributed by atoms with van der Waals surface area (Å²) in [4.78, 5) is 22.9. The smallest absolute Gasteiger partial charge is 0.337 e. The lowest BCUT2D eigenvalue weighted by molar-refractivity contribution is 0.0698. The lowest BCUT2D eigenvalue weighted by Gasteiger charge is -2.13. The van der Waals surface area contributed by atoms with Crippen molar-refractivity contribution in [1.29, 1.82) is 0 Å². The van der Waals surface area contributed by atoms with Crippen molar-refractivity contribution in [3.05, 3.63) is 28.2 Å². The van der Waals surface area contributed by atoms with Gasteiger partial charge in [-0.05, 0) is 30.4 Å². The number of carboxylic acid groups (broad SMARTS) is 1. The fraction of sp³-hybridized carbons (Fsp3) is 0.333. The highest BCUT2D eigenvalue weighted by molar-refractivity contribution is 9.10. The Hall–Kier alpha value is -1.21. The van der Waals surface area contributed by atoms with Crippen molar-refractivity contribution in [2.75, 3.05) is 16.8 Å². The Labute approximate surface area is 123 Å². The molecular formula is C12H13BrN2O3S. The summed E-state index contributed by atoms with van der Waals surface area (Å²) in [5, 5.41) is 14.5. The van der Waals surface area contributed by atoms with E-state index in [0.717, 1.165) is 17.9 Å². The summed E-state index contributed by atoms with van der Waals surface area (Å²) in [5.41, 5.74) is 0.351. The normalized spacial score (nSPS) is 18.1. The van der Waals surface area contributed by atoms with Crippen LogP contribution < -0.4 is 10.6 Å². The van der Waals surface area contributed by atoms with Gasteiger partial charge in [-0.2, -0.15) is 11.8 Å². The molecule has 0 saturated carbocycles. The quantitative estimate of drug-likeness (QED) is 0.787. The summed E-state index contributed by atoms with van der Waals surface area (Å²) in [6.45, 7) is 0. The van der Waals surface area contributed by atoms with Gasteiger partial charge in [0.1, 0.15) is 0 Å². The number of carbonyl (C=O) groups excluding carboxylic acids is 1. The molecule has 1 atom stereocenters. The summed E-state index contributed by atoms with van der Waals surface area (Å²) in [6, 6.07) is 4.51. The topological polar surface area (TPSA) is 78.4 Å². The van der Waals surface area contributed by atoms with Crippen molar-refractivity contribution in [1.82, 2.24) is 5.32 Å². The predicted octanol–water partition coefficient (Wildman–Crippen LogP) is 2.77. The van der Waals surface area contributed by atoms with Crippen molar-refractivity contribution in [2.45, 2.75) is 12.5 Å². The molecule has 0 aliphatic carbocycles. The lowest BCUT2D eigenvalue weighted by atomic mass is 10.2. The van der Waals surface area contributed by atoms with Gasteiger partial charge in [0.25, 0.3) is 0 Å². The predicted molar refractivity (Wildman–Crippen MR) is 79.0 cm³/mol. The number of halogens is 1. The Bertz CT molecular complexity index is 504. The standard InChI is InChI=1S/C12H13BrN2O3S/c13-7-1-2-10(9(5-7)11(16)17)15-12(18)14-8-3-4-19-6-8/h1-2,5,8H,3-4,6H2,(H,16,17)(H2,14,15,18). The molecule has 7 heteroatoms. The highest BCUT2D eigenvalue weighted by atomic mass is 79.9. The summed E-state index contributed by atoms with van der Waals surface area (Å²) in [7, 11) is 0. The van der Waals surface area contributed by atoms with Gasteiger partial charge in [0.15, 0.2) is 0 Å². The maximum atomic E-state index is 11.8. The van der Waals surface area contributed by atoms with E-state index in [-0.39, 0.29) is 17.6 Å².